The van der Waals surface area contributed by atoms with Gasteiger partial charge in [-0.1, -0.05) is 24.3 Å². The van der Waals surface area contributed by atoms with Gasteiger partial charge >= 0.3 is 5.97 Å². The first kappa shape index (κ1) is 21.0. The minimum Gasteiger partial charge on any atom is -0.459 e. The molecule has 0 aliphatic carbocycles. The number of esters is 1. The number of ether oxygens (including phenoxy) is 2. The lowest BCUT2D eigenvalue weighted by Gasteiger charge is -2.33. The molecule has 30 heavy (non-hydrogen) atoms. The van der Waals surface area contributed by atoms with Crippen LogP contribution in [0.15, 0.2) is 24.3 Å². The van der Waals surface area contributed by atoms with E-state index in [1.807, 2.05) is 32.9 Å². The predicted molar refractivity (Wildman–Crippen MR) is 110 cm³/mol. The number of piperidine rings is 1. The van der Waals surface area contributed by atoms with Crippen LogP contribution in [0.3, 0.4) is 0 Å². The fourth-order valence-electron chi connectivity index (χ4n) is 4.69. The van der Waals surface area contributed by atoms with Crippen molar-refractivity contribution in [2.45, 2.75) is 69.7 Å². The Balaban J connectivity index is 1.35. The molecule has 0 saturated carbocycles. The number of nitrogens with one attached hydrogen (secondary N) is 1. The maximum atomic E-state index is 12.5. The molecule has 7 nitrogen and oxygen atoms in total. The van der Waals surface area contributed by atoms with E-state index >= 15 is 0 Å². The molecule has 2 bridgehead atoms. The normalized spacial score (nSPS) is 27.8. The molecular weight excluding hydrogens is 384 g/mol. The predicted octanol–water partition coefficient (Wildman–Crippen LogP) is 2.24. The van der Waals surface area contributed by atoms with Gasteiger partial charge in [-0.2, -0.15) is 0 Å². The van der Waals surface area contributed by atoms with Crippen LogP contribution in [0, 0.1) is 0 Å². The minimum atomic E-state index is -1.03. The number of morpholine rings is 1. The molecule has 3 saturated heterocycles. The van der Waals surface area contributed by atoms with Gasteiger partial charge in [0.1, 0.15) is 11.7 Å². The summed E-state index contributed by atoms with van der Waals surface area (Å²) in [6.07, 6.45) is 2.51. The summed E-state index contributed by atoms with van der Waals surface area (Å²) in [7, 11) is 0. The van der Waals surface area contributed by atoms with E-state index in [1.165, 1.54) is 5.56 Å². The van der Waals surface area contributed by atoms with Gasteiger partial charge in [0.15, 0.2) is 5.60 Å². The zero-order chi connectivity index (χ0) is 21.5. The molecule has 2 unspecified atom stereocenters. The highest BCUT2D eigenvalue weighted by Gasteiger charge is 2.54. The number of carbonyl (C=O) groups excluding carboxylic acids is 3. The third-order valence-electron chi connectivity index (χ3n) is 6.21. The molecule has 4 rings (SSSR count). The molecule has 0 aromatic heterocycles. The monoisotopic (exact) mass is 414 g/mol. The summed E-state index contributed by atoms with van der Waals surface area (Å²) in [5.74, 6) is -0.443. The molecular formula is C23H30N2O5. The number of amides is 2. The number of carbonyl (C=O) groups is 3. The summed E-state index contributed by atoms with van der Waals surface area (Å²) in [4.78, 5) is 38.4. The largest absolute Gasteiger partial charge is 0.459 e. The Labute approximate surface area is 177 Å². The van der Waals surface area contributed by atoms with Crippen LogP contribution in [0.5, 0.6) is 0 Å². The third-order valence-corrected chi connectivity index (χ3v) is 6.21. The average Bonchev–Trinajstić information content (AvgIpc) is 3.09. The first-order valence-electron chi connectivity index (χ1n) is 10.7. The van der Waals surface area contributed by atoms with Crippen LogP contribution in [-0.2, 0) is 29.5 Å². The number of imide groups is 1. The Morgan fingerprint density at radius 2 is 1.83 bits per heavy atom. The Morgan fingerprint density at radius 1 is 1.17 bits per heavy atom. The van der Waals surface area contributed by atoms with Gasteiger partial charge in [-0.3, -0.25) is 24.6 Å². The van der Waals surface area contributed by atoms with Gasteiger partial charge in [-0.15, -0.1) is 0 Å². The van der Waals surface area contributed by atoms with E-state index in [-0.39, 0.29) is 17.8 Å². The van der Waals surface area contributed by atoms with Gasteiger partial charge in [0.2, 0.25) is 0 Å². The molecule has 162 valence electrons. The molecule has 0 spiro atoms. The molecule has 1 aromatic carbocycles. The molecule has 2 amide bonds. The zero-order valence-corrected chi connectivity index (χ0v) is 17.9. The van der Waals surface area contributed by atoms with Crippen LogP contribution in [0.25, 0.3) is 0 Å². The number of likely N-dealkylation sites (tertiary alicyclic amines) is 1. The zero-order valence-electron chi connectivity index (χ0n) is 17.9. The highest BCUT2D eigenvalue weighted by Crippen LogP contribution is 2.42. The van der Waals surface area contributed by atoms with Gasteiger partial charge < -0.3 is 9.47 Å². The van der Waals surface area contributed by atoms with Crippen molar-refractivity contribution < 1.29 is 23.9 Å². The van der Waals surface area contributed by atoms with E-state index in [0.717, 1.165) is 31.5 Å². The van der Waals surface area contributed by atoms with E-state index in [1.54, 1.807) is 0 Å². The number of hydrogen-bond acceptors (Lipinski definition) is 6. The van der Waals surface area contributed by atoms with Crippen molar-refractivity contribution in [3.8, 4) is 0 Å². The third kappa shape index (κ3) is 4.14. The van der Waals surface area contributed by atoms with E-state index < -0.39 is 17.3 Å². The van der Waals surface area contributed by atoms with Crippen molar-refractivity contribution in [1.29, 1.82) is 0 Å². The lowest BCUT2D eigenvalue weighted by Crippen LogP contribution is -2.54. The molecule has 7 heteroatoms. The lowest BCUT2D eigenvalue weighted by molar-refractivity contribution is -0.166. The second-order valence-electron chi connectivity index (χ2n) is 9.55. The highest BCUT2D eigenvalue weighted by molar-refractivity contribution is 6.04. The second kappa shape index (κ2) is 7.78. The lowest BCUT2D eigenvalue weighted by atomic mass is 9.85. The van der Waals surface area contributed by atoms with Crippen LogP contribution in [0.1, 0.15) is 63.5 Å². The summed E-state index contributed by atoms with van der Waals surface area (Å²) < 4.78 is 11.3. The van der Waals surface area contributed by atoms with Crippen LogP contribution in [0.4, 0.5) is 0 Å². The van der Waals surface area contributed by atoms with Crippen LogP contribution in [-0.4, -0.2) is 54.0 Å². The molecule has 3 fully saturated rings. The second-order valence-corrected chi connectivity index (χ2v) is 9.55. The number of fused-ring (bicyclic) bond motifs is 2. The molecule has 3 heterocycles. The molecule has 3 aliphatic rings. The first-order chi connectivity index (χ1) is 14.2. The number of rotatable bonds is 4. The fraction of sp³-hybridized carbons (Fsp3) is 0.609. The maximum Gasteiger partial charge on any atom is 0.320 e. The fourth-order valence-corrected chi connectivity index (χ4v) is 4.69. The maximum absolute atomic E-state index is 12.5. The number of benzene rings is 1. The van der Waals surface area contributed by atoms with Crippen molar-refractivity contribution in [3.63, 3.8) is 0 Å². The summed E-state index contributed by atoms with van der Waals surface area (Å²) in [6.45, 7) is 7.68. The average molecular weight is 415 g/mol. The Bertz CT molecular complexity index is 836. The minimum absolute atomic E-state index is 0.177. The summed E-state index contributed by atoms with van der Waals surface area (Å²) in [5, 5.41) is 2.45. The molecule has 2 atom stereocenters. The smallest absolute Gasteiger partial charge is 0.320 e. The molecule has 1 aromatic rings. The first-order valence-corrected chi connectivity index (χ1v) is 10.7. The summed E-state index contributed by atoms with van der Waals surface area (Å²) in [5.41, 5.74) is 0.547. The highest BCUT2D eigenvalue weighted by atomic mass is 16.6. The van der Waals surface area contributed by atoms with Gasteiger partial charge in [0.05, 0.1) is 6.54 Å². The summed E-state index contributed by atoms with van der Waals surface area (Å²) >= 11 is 0. The quantitative estimate of drug-likeness (QED) is 0.601. The molecule has 3 aliphatic heterocycles. The number of hydrogen-bond donors (Lipinski definition) is 1. The standard InChI is InChI=1S/C23H30N2O5/c1-22(2,3)30-19(26)14-25-12-9-16(10-13-25)15-4-6-17(7-5-15)23-11-8-18(29-23)20(27)24-21(23)28/h4-7,16,18H,8-14H2,1-3H3,(H,24,27,28). The van der Waals surface area contributed by atoms with Crippen molar-refractivity contribution in [1.82, 2.24) is 10.2 Å². The van der Waals surface area contributed by atoms with Gasteiger partial charge in [0, 0.05) is 0 Å². The van der Waals surface area contributed by atoms with E-state index in [9.17, 15) is 14.4 Å². The van der Waals surface area contributed by atoms with Crippen molar-refractivity contribution >= 4 is 17.8 Å². The van der Waals surface area contributed by atoms with Crippen molar-refractivity contribution in [2.24, 2.45) is 0 Å². The van der Waals surface area contributed by atoms with Crippen molar-refractivity contribution in [2.75, 3.05) is 19.6 Å². The van der Waals surface area contributed by atoms with Gasteiger partial charge in [0.25, 0.3) is 11.8 Å². The van der Waals surface area contributed by atoms with Crippen LogP contribution in [0.2, 0.25) is 0 Å². The van der Waals surface area contributed by atoms with Crippen LogP contribution >= 0.6 is 0 Å². The Morgan fingerprint density at radius 3 is 2.47 bits per heavy atom. The topological polar surface area (TPSA) is 84.9 Å². The van der Waals surface area contributed by atoms with Crippen LogP contribution < -0.4 is 5.32 Å². The SMILES string of the molecule is CC(C)(C)OC(=O)CN1CCC(c2ccc(C34CCC(O3)C(=O)NC4=O)cc2)CC1. The summed E-state index contributed by atoms with van der Waals surface area (Å²) in [6, 6.07) is 8.05. The van der Waals surface area contributed by atoms with E-state index in [4.69, 9.17) is 9.47 Å². The number of nitrogens with zero attached hydrogens (tertiary/aromatic N) is 1. The van der Waals surface area contributed by atoms with E-state index in [0.29, 0.717) is 25.3 Å². The Hall–Kier alpha value is -2.25. The van der Waals surface area contributed by atoms with E-state index in [2.05, 4.69) is 22.3 Å². The van der Waals surface area contributed by atoms with Gasteiger partial charge in [-0.05, 0) is 76.6 Å². The molecule has 0 radical (unpaired) electrons. The Kier molecular flexibility index (Phi) is 5.45. The van der Waals surface area contributed by atoms with Crippen molar-refractivity contribution in [3.05, 3.63) is 35.4 Å². The van der Waals surface area contributed by atoms with Gasteiger partial charge in [-0.25, -0.2) is 0 Å². The molecule has 1 N–H and O–H groups in total.